The van der Waals surface area contributed by atoms with Crippen molar-refractivity contribution in [3.05, 3.63) is 71.9 Å². The molecule has 0 atom stereocenters. The molecular weight excluding hydrogens is 392 g/mol. The minimum atomic E-state index is -3.45. The van der Waals surface area contributed by atoms with Crippen LogP contribution in [-0.4, -0.2) is 44.3 Å². The molecule has 0 saturated heterocycles. The fraction of sp³-hybridized carbons (Fsp3) is 0.250. The van der Waals surface area contributed by atoms with E-state index in [-0.39, 0.29) is 28.8 Å². The van der Waals surface area contributed by atoms with Crippen LogP contribution >= 0.6 is 0 Å². The molecule has 0 fully saturated rings. The molecule has 3 aromatic rings. The summed E-state index contributed by atoms with van der Waals surface area (Å²) in [6.07, 6.45) is 0.0556. The summed E-state index contributed by atoms with van der Waals surface area (Å²) in [5, 5.41) is 6.41. The molecule has 0 aliphatic heterocycles. The number of hydrogen-bond donors (Lipinski definition) is 1. The number of anilines is 1. The maximum atomic E-state index is 12.3. The first-order chi connectivity index (χ1) is 13.8. The van der Waals surface area contributed by atoms with Gasteiger partial charge in [-0.15, -0.1) is 0 Å². The topological polar surface area (TPSA) is 105 Å². The Bertz CT molecular complexity index is 1060. The van der Waals surface area contributed by atoms with Crippen molar-refractivity contribution in [1.82, 2.24) is 15.5 Å². The second-order valence-electron chi connectivity index (χ2n) is 6.64. The van der Waals surface area contributed by atoms with Gasteiger partial charge in [0.15, 0.2) is 15.7 Å². The molecule has 0 radical (unpaired) electrons. The van der Waals surface area contributed by atoms with Crippen LogP contribution in [0.1, 0.15) is 22.1 Å². The van der Waals surface area contributed by atoms with E-state index in [0.717, 1.165) is 11.3 Å². The second-order valence-corrected chi connectivity index (χ2v) is 8.75. The Kier molecular flexibility index (Phi) is 6.28. The van der Waals surface area contributed by atoms with Crippen LogP contribution in [0.3, 0.4) is 0 Å². The summed E-state index contributed by atoms with van der Waals surface area (Å²) in [6.45, 7) is 0.312. The predicted molar refractivity (Wildman–Crippen MR) is 108 cm³/mol. The van der Waals surface area contributed by atoms with Gasteiger partial charge in [0, 0.05) is 32.7 Å². The van der Waals surface area contributed by atoms with Crippen molar-refractivity contribution in [2.24, 2.45) is 0 Å². The number of aryl methyl sites for hydroxylation is 1. The number of benzene rings is 2. The number of carbonyl (C=O) groups excluding carboxylic acids is 1. The molecule has 1 heterocycles. The van der Waals surface area contributed by atoms with Crippen molar-refractivity contribution in [1.29, 1.82) is 0 Å². The lowest BCUT2D eigenvalue weighted by Gasteiger charge is -2.12. The molecule has 1 aromatic heterocycles. The van der Waals surface area contributed by atoms with E-state index >= 15 is 0 Å². The zero-order valence-corrected chi connectivity index (χ0v) is 17.0. The van der Waals surface area contributed by atoms with Crippen LogP contribution in [0.5, 0.6) is 0 Å². The number of nitrogens with zero attached hydrogens (tertiary/aromatic N) is 3. The van der Waals surface area contributed by atoms with Crippen molar-refractivity contribution in [2.75, 3.05) is 24.7 Å². The Morgan fingerprint density at radius 3 is 2.41 bits per heavy atom. The third-order valence-corrected chi connectivity index (χ3v) is 6.00. The third kappa shape index (κ3) is 5.41. The maximum Gasteiger partial charge on any atom is 0.315 e. The molecule has 0 spiro atoms. The maximum absolute atomic E-state index is 12.3. The van der Waals surface area contributed by atoms with Crippen molar-refractivity contribution in [3.8, 4) is 0 Å². The van der Waals surface area contributed by atoms with Gasteiger partial charge in [-0.1, -0.05) is 35.5 Å². The molecule has 9 heteroatoms. The van der Waals surface area contributed by atoms with Gasteiger partial charge in [-0.3, -0.25) is 4.79 Å². The third-order valence-electron chi connectivity index (χ3n) is 4.26. The quantitative estimate of drug-likeness (QED) is 0.601. The molecule has 0 aliphatic carbocycles. The average Bonchev–Trinajstić information content (AvgIpc) is 3.21. The number of rotatable bonds is 8. The van der Waals surface area contributed by atoms with Crippen LogP contribution < -0.4 is 10.2 Å². The first-order valence-corrected chi connectivity index (χ1v) is 10.7. The standard InChI is InChI=1S/C20H22N4O4S/c1-24(2)16-10-8-15(9-11-16)14-21-19(25)20-22-18(23-28-20)12-13-29(26,27)17-6-4-3-5-7-17/h3-11H,12-14H2,1-2H3,(H,21,25). The highest BCUT2D eigenvalue weighted by Crippen LogP contribution is 2.13. The van der Waals surface area contributed by atoms with Gasteiger partial charge in [-0.05, 0) is 29.8 Å². The average molecular weight is 414 g/mol. The lowest BCUT2D eigenvalue weighted by atomic mass is 10.2. The first kappa shape index (κ1) is 20.5. The van der Waals surface area contributed by atoms with Gasteiger partial charge in [0.1, 0.15) is 0 Å². The number of amides is 1. The Balaban J connectivity index is 1.54. The van der Waals surface area contributed by atoms with Gasteiger partial charge < -0.3 is 14.7 Å². The van der Waals surface area contributed by atoms with Crippen molar-refractivity contribution in [2.45, 2.75) is 17.9 Å². The SMILES string of the molecule is CN(C)c1ccc(CNC(=O)c2nc(CCS(=O)(=O)c3ccccc3)no2)cc1. The van der Waals surface area contributed by atoms with Crippen LogP contribution in [0.15, 0.2) is 64.0 Å². The van der Waals surface area contributed by atoms with Crippen LogP contribution in [0.25, 0.3) is 0 Å². The number of aromatic nitrogens is 2. The van der Waals surface area contributed by atoms with Gasteiger partial charge in [0.05, 0.1) is 10.6 Å². The normalized spacial score (nSPS) is 11.2. The van der Waals surface area contributed by atoms with E-state index in [1.165, 1.54) is 12.1 Å². The van der Waals surface area contributed by atoms with Gasteiger partial charge in [0.2, 0.25) is 0 Å². The zero-order valence-electron chi connectivity index (χ0n) is 16.2. The molecule has 3 rings (SSSR count). The molecule has 8 nitrogen and oxygen atoms in total. The molecule has 152 valence electrons. The van der Waals surface area contributed by atoms with Crippen LogP contribution in [-0.2, 0) is 22.8 Å². The molecular formula is C20H22N4O4S. The summed E-state index contributed by atoms with van der Waals surface area (Å²) in [7, 11) is 0.456. The highest BCUT2D eigenvalue weighted by molar-refractivity contribution is 7.91. The summed E-state index contributed by atoms with van der Waals surface area (Å²) in [5.41, 5.74) is 1.99. The highest BCUT2D eigenvalue weighted by Gasteiger charge is 2.18. The number of hydrogen-bond acceptors (Lipinski definition) is 7. The van der Waals surface area contributed by atoms with Crippen LogP contribution in [0.4, 0.5) is 5.69 Å². The van der Waals surface area contributed by atoms with Crippen LogP contribution in [0.2, 0.25) is 0 Å². The number of sulfone groups is 1. The summed E-state index contributed by atoms with van der Waals surface area (Å²) < 4.78 is 29.6. The Hall–Kier alpha value is -3.20. The molecule has 2 aromatic carbocycles. The molecule has 1 N–H and O–H groups in total. The van der Waals surface area contributed by atoms with E-state index in [0.29, 0.717) is 6.54 Å². The lowest BCUT2D eigenvalue weighted by Crippen LogP contribution is -2.23. The fourth-order valence-corrected chi connectivity index (χ4v) is 3.85. The van der Waals surface area contributed by atoms with E-state index in [2.05, 4.69) is 15.5 Å². The van der Waals surface area contributed by atoms with E-state index < -0.39 is 15.7 Å². The minimum absolute atomic E-state index is 0.0556. The summed E-state index contributed by atoms with van der Waals surface area (Å²) in [5.74, 6) is -0.700. The lowest BCUT2D eigenvalue weighted by molar-refractivity contribution is 0.0907. The molecule has 29 heavy (non-hydrogen) atoms. The smallest absolute Gasteiger partial charge is 0.315 e. The van der Waals surface area contributed by atoms with E-state index in [9.17, 15) is 13.2 Å². The summed E-state index contributed by atoms with van der Waals surface area (Å²) >= 11 is 0. The largest absolute Gasteiger partial charge is 0.378 e. The van der Waals surface area contributed by atoms with Gasteiger partial charge in [-0.2, -0.15) is 4.98 Å². The minimum Gasteiger partial charge on any atom is -0.378 e. The van der Waals surface area contributed by atoms with E-state index in [4.69, 9.17) is 4.52 Å². The predicted octanol–water partition coefficient (Wildman–Crippen LogP) is 2.08. The Morgan fingerprint density at radius 2 is 1.76 bits per heavy atom. The monoisotopic (exact) mass is 414 g/mol. The van der Waals surface area contributed by atoms with Crippen LogP contribution in [0, 0.1) is 0 Å². The van der Waals surface area contributed by atoms with Gasteiger partial charge >= 0.3 is 11.8 Å². The molecule has 0 saturated carbocycles. The van der Waals surface area contributed by atoms with Crippen molar-refractivity contribution < 1.29 is 17.7 Å². The van der Waals surface area contributed by atoms with Gasteiger partial charge in [0.25, 0.3) is 0 Å². The summed E-state index contributed by atoms with van der Waals surface area (Å²) in [4.78, 5) is 18.4. The second kappa shape index (κ2) is 8.87. The van der Waals surface area contributed by atoms with Crippen molar-refractivity contribution >= 4 is 21.4 Å². The fourth-order valence-electron chi connectivity index (χ4n) is 2.59. The first-order valence-electron chi connectivity index (χ1n) is 9.00. The number of carbonyl (C=O) groups is 1. The van der Waals surface area contributed by atoms with Gasteiger partial charge in [-0.25, -0.2) is 8.42 Å². The Morgan fingerprint density at radius 1 is 1.07 bits per heavy atom. The summed E-state index contributed by atoms with van der Waals surface area (Å²) in [6, 6.07) is 15.9. The zero-order chi connectivity index (χ0) is 20.9. The number of nitrogens with one attached hydrogen (secondary N) is 1. The van der Waals surface area contributed by atoms with E-state index in [1.54, 1.807) is 18.2 Å². The highest BCUT2D eigenvalue weighted by atomic mass is 32.2. The molecule has 1 amide bonds. The Labute approximate surface area is 169 Å². The molecule has 0 aliphatic rings. The molecule has 0 unspecified atom stereocenters. The molecule has 0 bridgehead atoms. The van der Waals surface area contributed by atoms with E-state index in [1.807, 2.05) is 43.3 Å². The van der Waals surface area contributed by atoms with Crippen molar-refractivity contribution in [3.63, 3.8) is 0 Å².